The molecule has 116 valence electrons. The van der Waals surface area contributed by atoms with Crippen molar-refractivity contribution >= 4 is 33.4 Å². The molecular weight excluding hydrogens is 358 g/mol. The van der Waals surface area contributed by atoms with Crippen molar-refractivity contribution in [2.45, 2.75) is 32.4 Å². The average Bonchev–Trinajstić information content (AvgIpc) is 2.46. The van der Waals surface area contributed by atoms with Crippen molar-refractivity contribution in [2.24, 2.45) is 0 Å². The van der Waals surface area contributed by atoms with Gasteiger partial charge in [-0.25, -0.2) is 0 Å². The molecule has 1 amide bonds. The van der Waals surface area contributed by atoms with Gasteiger partial charge in [0.2, 0.25) is 0 Å². The smallest absolute Gasteiger partial charge is 0.260 e. The number of amides is 1. The summed E-state index contributed by atoms with van der Waals surface area (Å²) in [7, 11) is 0. The summed E-state index contributed by atoms with van der Waals surface area (Å²) in [5, 5.41) is 0.486. The quantitative estimate of drug-likeness (QED) is 0.807. The van der Waals surface area contributed by atoms with Crippen LogP contribution in [0, 0.1) is 0 Å². The third kappa shape index (κ3) is 4.34. The van der Waals surface area contributed by atoms with E-state index in [0.717, 1.165) is 10.9 Å². The fourth-order valence-corrected chi connectivity index (χ4v) is 3.03. The molecule has 1 aromatic rings. The van der Waals surface area contributed by atoms with E-state index in [4.69, 9.17) is 21.1 Å². The van der Waals surface area contributed by atoms with Crippen molar-refractivity contribution in [2.75, 3.05) is 19.8 Å². The molecule has 1 aromatic carbocycles. The molecule has 21 heavy (non-hydrogen) atoms. The van der Waals surface area contributed by atoms with E-state index >= 15 is 0 Å². The first-order valence-electron chi connectivity index (χ1n) is 7.00. The average molecular weight is 377 g/mol. The molecule has 1 fully saturated rings. The van der Waals surface area contributed by atoms with E-state index in [9.17, 15) is 4.79 Å². The predicted octanol–water partition coefficient (Wildman–Crippen LogP) is 3.51. The molecule has 0 unspecified atom stereocenters. The fourth-order valence-electron chi connectivity index (χ4n) is 2.30. The summed E-state index contributed by atoms with van der Waals surface area (Å²) in [6.45, 7) is 5.21. The van der Waals surface area contributed by atoms with Gasteiger partial charge >= 0.3 is 0 Å². The van der Waals surface area contributed by atoms with Crippen LogP contribution in [0.15, 0.2) is 22.7 Å². The molecule has 1 heterocycles. The number of nitrogens with zero attached hydrogens (tertiary/aromatic N) is 1. The first kappa shape index (κ1) is 16.6. The second-order valence-electron chi connectivity index (χ2n) is 5.12. The van der Waals surface area contributed by atoms with Gasteiger partial charge in [0.05, 0.1) is 23.8 Å². The maximum absolute atomic E-state index is 12.4. The van der Waals surface area contributed by atoms with Crippen molar-refractivity contribution in [3.05, 3.63) is 27.7 Å². The lowest BCUT2D eigenvalue weighted by Gasteiger charge is -2.38. The number of rotatable bonds is 4. The van der Waals surface area contributed by atoms with Gasteiger partial charge in [0.1, 0.15) is 5.75 Å². The standard InChI is InChI=1S/C15H19BrClNO3/c1-3-12-8-20-10(2)7-18(12)15(19)9-21-14-5-4-11(16)6-13(14)17/h4-6,10,12H,3,7-9H2,1-2H3/t10-,12-/m0/s1. The van der Waals surface area contributed by atoms with E-state index in [1.165, 1.54) is 0 Å². The van der Waals surface area contributed by atoms with Crippen molar-refractivity contribution < 1.29 is 14.3 Å². The second kappa shape index (κ2) is 7.47. The number of carbonyl (C=O) groups is 1. The van der Waals surface area contributed by atoms with Gasteiger partial charge in [-0.3, -0.25) is 4.79 Å². The summed E-state index contributed by atoms with van der Waals surface area (Å²) in [6.07, 6.45) is 0.935. The number of hydrogen-bond acceptors (Lipinski definition) is 3. The van der Waals surface area contributed by atoms with Gasteiger partial charge in [-0.15, -0.1) is 0 Å². The zero-order valence-electron chi connectivity index (χ0n) is 12.1. The van der Waals surface area contributed by atoms with Crippen molar-refractivity contribution in [1.82, 2.24) is 4.90 Å². The van der Waals surface area contributed by atoms with E-state index in [2.05, 4.69) is 22.9 Å². The molecule has 0 aromatic heterocycles. The molecule has 1 aliphatic heterocycles. The number of ether oxygens (including phenoxy) is 2. The molecule has 1 aliphatic rings. The van der Waals surface area contributed by atoms with Gasteiger partial charge in [-0.1, -0.05) is 34.5 Å². The zero-order valence-corrected chi connectivity index (χ0v) is 14.5. The Bertz CT molecular complexity index is 512. The van der Waals surface area contributed by atoms with Gasteiger partial charge in [0.15, 0.2) is 6.61 Å². The molecule has 2 rings (SSSR count). The molecule has 6 heteroatoms. The largest absolute Gasteiger partial charge is 0.482 e. The first-order valence-corrected chi connectivity index (χ1v) is 8.17. The van der Waals surface area contributed by atoms with E-state index in [1.807, 2.05) is 17.9 Å². The third-order valence-electron chi connectivity index (χ3n) is 3.50. The number of halogens is 2. The summed E-state index contributed by atoms with van der Waals surface area (Å²) >= 11 is 9.41. The molecule has 4 nitrogen and oxygen atoms in total. The lowest BCUT2D eigenvalue weighted by atomic mass is 10.1. The highest BCUT2D eigenvalue weighted by Crippen LogP contribution is 2.27. The highest BCUT2D eigenvalue weighted by molar-refractivity contribution is 9.10. The van der Waals surface area contributed by atoms with Crippen LogP contribution in [0.2, 0.25) is 5.02 Å². The van der Waals surface area contributed by atoms with Crippen LogP contribution in [0.1, 0.15) is 20.3 Å². The van der Waals surface area contributed by atoms with Gasteiger partial charge in [0, 0.05) is 11.0 Å². The predicted molar refractivity (Wildman–Crippen MR) is 85.9 cm³/mol. The maximum atomic E-state index is 12.4. The van der Waals surface area contributed by atoms with Crippen LogP contribution in [0.5, 0.6) is 5.75 Å². The van der Waals surface area contributed by atoms with Crippen LogP contribution >= 0.6 is 27.5 Å². The first-order chi connectivity index (χ1) is 10.0. The second-order valence-corrected chi connectivity index (χ2v) is 6.44. The van der Waals surface area contributed by atoms with E-state index < -0.39 is 0 Å². The van der Waals surface area contributed by atoms with Gasteiger partial charge in [0.25, 0.3) is 5.91 Å². The van der Waals surface area contributed by atoms with E-state index in [1.54, 1.807) is 12.1 Å². The van der Waals surface area contributed by atoms with Crippen molar-refractivity contribution in [1.29, 1.82) is 0 Å². The minimum absolute atomic E-state index is 0.00935. The summed E-state index contributed by atoms with van der Waals surface area (Å²) in [4.78, 5) is 14.2. The number of hydrogen-bond donors (Lipinski definition) is 0. The Labute approximate surface area is 138 Å². The van der Waals surface area contributed by atoms with Crippen LogP contribution in [0.4, 0.5) is 0 Å². The number of morpholine rings is 1. The summed E-state index contributed by atoms with van der Waals surface area (Å²) in [5.74, 6) is 0.485. The van der Waals surface area contributed by atoms with Crippen LogP contribution < -0.4 is 4.74 Å². The molecule has 0 bridgehead atoms. The van der Waals surface area contributed by atoms with Crippen molar-refractivity contribution in [3.63, 3.8) is 0 Å². The SMILES string of the molecule is CC[C@H]1CO[C@@H](C)CN1C(=O)COc1ccc(Br)cc1Cl. The molecule has 0 radical (unpaired) electrons. The van der Waals surface area contributed by atoms with Gasteiger partial charge < -0.3 is 14.4 Å². The Morgan fingerprint density at radius 2 is 2.33 bits per heavy atom. The molecule has 2 atom stereocenters. The van der Waals surface area contributed by atoms with E-state index in [0.29, 0.717) is 23.9 Å². The lowest BCUT2D eigenvalue weighted by molar-refractivity contribution is -0.146. The molecule has 0 N–H and O–H groups in total. The van der Waals surface area contributed by atoms with Crippen LogP contribution in [0.25, 0.3) is 0 Å². The highest BCUT2D eigenvalue weighted by Gasteiger charge is 2.29. The van der Waals surface area contributed by atoms with Crippen LogP contribution in [-0.2, 0) is 9.53 Å². The lowest BCUT2D eigenvalue weighted by Crippen LogP contribution is -2.52. The zero-order chi connectivity index (χ0) is 15.4. The fraction of sp³-hybridized carbons (Fsp3) is 0.533. The van der Waals surface area contributed by atoms with Gasteiger partial charge in [-0.2, -0.15) is 0 Å². The summed E-state index contributed by atoms with van der Waals surface area (Å²) in [6, 6.07) is 5.45. The molecule has 0 aliphatic carbocycles. The van der Waals surface area contributed by atoms with Crippen LogP contribution in [-0.4, -0.2) is 42.7 Å². The molecule has 0 saturated carbocycles. The summed E-state index contributed by atoms with van der Waals surface area (Å²) in [5.41, 5.74) is 0. The minimum Gasteiger partial charge on any atom is -0.482 e. The Morgan fingerprint density at radius 1 is 1.57 bits per heavy atom. The number of benzene rings is 1. The third-order valence-corrected chi connectivity index (χ3v) is 4.29. The topological polar surface area (TPSA) is 38.8 Å². The minimum atomic E-state index is -0.0315. The Morgan fingerprint density at radius 3 is 3.00 bits per heavy atom. The number of carbonyl (C=O) groups excluding carboxylic acids is 1. The van der Waals surface area contributed by atoms with Crippen molar-refractivity contribution in [3.8, 4) is 5.75 Å². The maximum Gasteiger partial charge on any atom is 0.260 e. The molecular formula is C15H19BrClNO3. The Kier molecular flexibility index (Phi) is 5.90. The monoisotopic (exact) mass is 375 g/mol. The molecule has 1 saturated heterocycles. The van der Waals surface area contributed by atoms with E-state index in [-0.39, 0.29) is 24.7 Å². The normalized spacial score (nSPS) is 22.2. The van der Waals surface area contributed by atoms with Gasteiger partial charge in [-0.05, 0) is 31.5 Å². The van der Waals surface area contributed by atoms with Crippen LogP contribution in [0.3, 0.4) is 0 Å². The highest BCUT2D eigenvalue weighted by atomic mass is 79.9. The summed E-state index contributed by atoms with van der Waals surface area (Å²) < 4.78 is 12.0. The molecule has 0 spiro atoms. The Balaban J connectivity index is 1.96. The Hall–Kier alpha value is -0.780.